The van der Waals surface area contributed by atoms with E-state index < -0.39 is 0 Å². The van der Waals surface area contributed by atoms with Gasteiger partial charge in [-0.1, -0.05) is 12.1 Å². The number of methoxy groups -OCH3 is 1. The fourth-order valence-corrected chi connectivity index (χ4v) is 3.21. The second kappa shape index (κ2) is 7.22. The van der Waals surface area contributed by atoms with Crippen LogP contribution < -0.4 is 10.1 Å². The molecule has 1 aliphatic heterocycles. The van der Waals surface area contributed by atoms with Crippen LogP contribution in [0.25, 0.3) is 22.3 Å². The van der Waals surface area contributed by atoms with Crippen molar-refractivity contribution in [3.63, 3.8) is 0 Å². The zero-order valence-electron chi connectivity index (χ0n) is 14.6. The number of aromatic hydroxyl groups is 1. The highest BCUT2D eigenvalue weighted by atomic mass is 16.5. The molecule has 5 nitrogen and oxygen atoms in total. The number of nitrogens with zero attached hydrogens (tertiary/aromatic N) is 1. The van der Waals surface area contributed by atoms with Crippen LogP contribution >= 0.6 is 0 Å². The second-order valence-electron chi connectivity index (χ2n) is 6.35. The minimum absolute atomic E-state index is 0.0975. The molecule has 1 atom stereocenters. The summed E-state index contributed by atoms with van der Waals surface area (Å²) in [5, 5.41) is 11.7. The van der Waals surface area contributed by atoms with Gasteiger partial charge in [0, 0.05) is 23.6 Å². The Balaban J connectivity index is 1.82. The Morgan fingerprint density at radius 1 is 1.19 bits per heavy atom. The molecule has 0 radical (unpaired) electrons. The van der Waals surface area contributed by atoms with E-state index in [4.69, 9.17) is 18.9 Å². The highest BCUT2D eigenvalue weighted by molar-refractivity contribution is 5.78. The van der Waals surface area contributed by atoms with Crippen LogP contribution in [0.1, 0.15) is 12.8 Å². The average Bonchev–Trinajstić information content (AvgIpc) is 3.20. The van der Waals surface area contributed by atoms with Crippen molar-refractivity contribution in [3.8, 4) is 22.8 Å². The summed E-state index contributed by atoms with van der Waals surface area (Å²) in [5.74, 6) is 1.18. The first-order chi connectivity index (χ1) is 12.7. The molecule has 2 aromatic carbocycles. The lowest BCUT2D eigenvalue weighted by atomic mass is 10.1. The van der Waals surface area contributed by atoms with E-state index in [2.05, 4.69) is 0 Å². The molecule has 26 heavy (non-hydrogen) atoms. The van der Waals surface area contributed by atoms with Crippen molar-refractivity contribution in [2.75, 3.05) is 20.3 Å². The molecule has 1 aliphatic rings. The third-order valence-electron chi connectivity index (χ3n) is 4.60. The second-order valence-corrected chi connectivity index (χ2v) is 6.35. The van der Waals surface area contributed by atoms with Gasteiger partial charge >= 0.3 is 0 Å². The van der Waals surface area contributed by atoms with Gasteiger partial charge in [0.05, 0.1) is 25.1 Å². The van der Waals surface area contributed by atoms with Gasteiger partial charge in [-0.3, -0.25) is 4.99 Å². The molecule has 0 spiro atoms. The summed E-state index contributed by atoms with van der Waals surface area (Å²) in [6, 6.07) is 15.0. The van der Waals surface area contributed by atoms with E-state index in [1.807, 2.05) is 30.3 Å². The predicted octanol–water partition coefficient (Wildman–Crippen LogP) is 3.89. The number of hydrogen-bond donors (Lipinski definition) is 1. The average molecular weight is 351 g/mol. The van der Waals surface area contributed by atoms with E-state index in [0.29, 0.717) is 18.1 Å². The minimum Gasteiger partial charge on any atom is -0.504 e. The van der Waals surface area contributed by atoms with Crippen molar-refractivity contribution in [2.24, 2.45) is 4.99 Å². The predicted molar refractivity (Wildman–Crippen MR) is 99.3 cm³/mol. The minimum atomic E-state index is 0.0975. The SMILES string of the molecule is COc1cc(-c2cc(=NC[C@H]3CCCO3)c3ccccc3o2)ccc1O. The number of fused-ring (bicyclic) bond motifs is 1. The fraction of sp³-hybridized carbons (Fsp3) is 0.286. The first-order valence-corrected chi connectivity index (χ1v) is 8.77. The Bertz CT molecular complexity index is 987. The highest BCUT2D eigenvalue weighted by Crippen LogP contribution is 2.31. The van der Waals surface area contributed by atoms with Crippen LogP contribution in [-0.2, 0) is 4.74 Å². The van der Waals surface area contributed by atoms with Crippen molar-refractivity contribution in [2.45, 2.75) is 18.9 Å². The third kappa shape index (κ3) is 3.30. The van der Waals surface area contributed by atoms with Gasteiger partial charge < -0.3 is 19.0 Å². The van der Waals surface area contributed by atoms with Crippen molar-refractivity contribution in [3.05, 3.63) is 53.9 Å². The number of rotatable bonds is 4. The van der Waals surface area contributed by atoms with Gasteiger partial charge in [-0.05, 0) is 43.2 Å². The van der Waals surface area contributed by atoms with E-state index in [0.717, 1.165) is 41.3 Å². The summed E-state index contributed by atoms with van der Waals surface area (Å²) in [6.45, 7) is 1.47. The van der Waals surface area contributed by atoms with Crippen LogP contribution in [-0.4, -0.2) is 31.5 Å². The molecule has 134 valence electrons. The standard InChI is InChI=1S/C21H21NO4/c1-24-21-11-14(8-9-18(21)23)20-12-17(22-13-15-5-4-10-25-15)16-6-2-3-7-19(16)26-20/h2-3,6-9,11-12,15,23H,4-5,10,13H2,1H3/t15-/m1/s1. The van der Waals surface area contributed by atoms with Crippen molar-refractivity contribution in [1.29, 1.82) is 0 Å². The monoisotopic (exact) mass is 351 g/mol. The molecule has 0 saturated carbocycles. The van der Waals surface area contributed by atoms with Gasteiger partial charge in [-0.25, -0.2) is 0 Å². The lowest BCUT2D eigenvalue weighted by molar-refractivity contribution is 0.117. The molecule has 0 bridgehead atoms. The van der Waals surface area contributed by atoms with E-state index >= 15 is 0 Å². The maximum absolute atomic E-state index is 9.83. The highest BCUT2D eigenvalue weighted by Gasteiger charge is 2.15. The van der Waals surface area contributed by atoms with E-state index in [1.54, 1.807) is 18.2 Å². The Hall–Kier alpha value is -2.79. The lowest BCUT2D eigenvalue weighted by Crippen LogP contribution is -2.13. The maximum Gasteiger partial charge on any atom is 0.161 e. The molecule has 0 amide bonds. The van der Waals surface area contributed by atoms with Gasteiger partial charge in [-0.2, -0.15) is 0 Å². The molecular formula is C21H21NO4. The molecule has 1 aromatic heterocycles. The molecule has 4 rings (SSSR count). The quantitative estimate of drug-likeness (QED) is 0.774. The smallest absolute Gasteiger partial charge is 0.161 e. The molecule has 1 saturated heterocycles. The molecule has 5 heteroatoms. The van der Waals surface area contributed by atoms with Gasteiger partial charge in [0.15, 0.2) is 11.5 Å². The summed E-state index contributed by atoms with van der Waals surface area (Å²) in [6.07, 6.45) is 2.35. The number of para-hydroxylation sites is 1. The number of hydrogen-bond acceptors (Lipinski definition) is 5. The normalized spacial score (nSPS) is 17.7. The molecule has 0 unspecified atom stereocenters. The third-order valence-corrected chi connectivity index (χ3v) is 4.60. The van der Waals surface area contributed by atoms with E-state index in [-0.39, 0.29) is 11.9 Å². The molecule has 0 aliphatic carbocycles. The number of ether oxygens (including phenoxy) is 2. The molecule has 1 N–H and O–H groups in total. The summed E-state index contributed by atoms with van der Waals surface area (Å²) in [7, 11) is 1.53. The van der Waals surface area contributed by atoms with Crippen LogP contribution in [0.3, 0.4) is 0 Å². The molecular weight excluding hydrogens is 330 g/mol. The first-order valence-electron chi connectivity index (χ1n) is 8.77. The number of phenolic OH excluding ortho intramolecular Hbond substituents is 1. The zero-order chi connectivity index (χ0) is 17.9. The van der Waals surface area contributed by atoms with Crippen LogP contribution in [0.4, 0.5) is 0 Å². The van der Waals surface area contributed by atoms with E-state index in [9.17, 15) is 5.11 Å². The van der Waals surface area contributed by atoms with Crippen LogP contribution in [0.5, 0.6) is 11.5 Å². The Morgan fingerprint density at radius 2 is 2.08 bits per heavy atom. The summed E-state index contributed by atoms with van der Waals surface area (Å²) >= 11 is 0. The summed E-state index contributed by atoms with van der Waals surface area (Å²) < 4.78 is 17.0. The van der Waals surface area contributed by atoms with Crippen molar-refractivity contribution >= 4 is 11.0 Å². The first kappa shape index (κ1) is 16.7. The maximum atomic E-state index is 9.83. The Labute approximate surface area is 151 Å². The summed E-state index contributed by atoms with van der Waals surface area (Å²) in [4.78, 5) is 4.80. The molecule has 2 heterocycles. The van der Waals surface area contributed by atoms with Crippen LogP contribution in [0, 0.1) is 0 Å². The Kier molecular flexibility index (Phi) is 4.63. The van der Waals surface area contributed by atoms with Gasteiger partial charge in [0.1, 0.15) is 11.3 Å². The number of benzene rings is 2. The topological polar surface area (TPSA) is 64.2 Å². The van der Waals surface area contributed by atoms with Crippen LogP contribution in [0.15, 0.2) is 57.9 Å². The lowest BCUT2D eigenvalue weighted by Gasteiger charge is -2.09. The van der Waals surface area contributed by atoms with Gasteiger partial charge in [0.2, 0.25) is 0 Å². The molecule has 1 fully saturated rings. The number of phenols is 1. The largest absolute Gasteiger partial charge is 0.504 e. The Morgan fingerprint density at radius 3 is 2.88 bits per heavy atom. The van der Waals surface area contributed by atoms with Crippen LogP contribution in [0.2, 0.25) is 0 Å². The van der Waals surface area contributed by atoms with Gasteiger partial charge in [-0.15, -0.1) is 0 Å². The molecule has 3 aromatic rings. The fourth-order valence-electron chi connectivity index (χ4n) is 3.21. The van der Waals surface area contributed by atoms with Crippen molar-refractivity contribution < 1.29 is 19.0 Å². The van der Waals surface area contributed by atoms with E-state index in [1.165, 1.54) is 7.11 Å². The van der Waals surface area contributed by atoms with Gasteiger partial charge in [0.25, 0.3) is 0 Å². The zero-order valence-corrected chi connectivity index (χ0v) is 14.6. The van der Waals surface area contributed by atoms with Crippen molar-refractivity contribution in [1.82, 2.24) is 0 Å². The summed E-state index contributed by atoms with van der Waals surface area (Å²) in [5.41, 5.74) is 1.59.